The van der Waals surface area contributed by atoms with E-state index in [4.69, 9.17) is 11.6 Å². The fraction of sp³-hybridized carbons (Fsp3) is 0.214. The highest BCUT2D eigenvalue weighted by Gasteiger charge is 2.24. The Bertz CT molecular complexity index is 1470. The molecule has 0 radical (unpaired) electrons. The maximum Gasteiger partial charge on any atom is 0.272 e. The van der Waals surface area contributed by atoms with E-state index in [9.17, 15) is 19.1 Å². The summed E-state index contributed by atoms with van der Waals surface area (Å²) in [5.74, 6) is -1.19. The fourth-order valence-electron chi connectivity index (χ4n) is 4.45. The second kappa shape index (κ2) is 11.1. The minimum Gasteiger partial charge on any atom is -0.393 e. The zero-order chi connectivity index (χ0) is 26.6. The number of rotatable bonds is 6. The number of aliphatic hydroxyl groups is 1. The van der Waals surface area contributed by atoms with Gasteiger partial charge in [0.15, 0.2) is 5.69 Å². The van der Waals surface area contributed by atoms with Crippen LogP contribution in [0.3, 0.4) is 0 Å². The summed E-state index contributed by atoms with van der Waals surface area (Å²) in [7, 11) is 0. The number of para-hydroxylation sites is 1. The lowest BCUT2D eigenvalue weighted by Crippen LogP contribution is -2.38. The number of aromatic nitrogens is 3. The number of hydrogen-bond donors (Lipinski definition) is 3. The molecule has 2 heterocycles. The van der Waals surface area contributed by atoms with Crippen molar-refractivity contribution in [2.75, 3.05) is 5.32 Å². The van der Waals surface area contributed by atoms with Crippen molar-refractivity contribution in [2.45, 2.75) is 37.8 Å². The van der Waals surface area contributed by atoms with Crippen LogP contribution in [0.5, 0.6) is 0 Å². The molecule has 8 nitrogen and oxygen atoms in total. The highest BCUT2D eigenvalue weighted by atomic mass is 35.5. The third kappa shape index (κ3) is 5.58. The van der Waals surface area contributed by atoms with E-state index in [0.29, 0.717) is 36.9 Å². The number of halogens is 2. The molecule has 4 aromatic rings. The average molecular weight is 534 g/mol. The van der Waals surface area contributed by atoms with Crippen LogP contribution < -0.4 is 10.6 Å². The lowest BCUT2D eigenvalue weighted by Gasteiger charge is -2.25. The van der Waals surface area contributed by atoms with Crippen LogP contribution in [0, 0.1) is 5.82 Å². The summed E-state index contributed by atoms with van der Waals surface area (Å²) in [5, 5.41) is 20.1. The number of carbonyl (C=O) groups is 2. The Balaban J connectivity index is 1.43. The van der Waals surface area contributed by atoms with Gasteiger partial charge < -0.3 is 15.7 Å². The molecule has 1 saturated carbocycles. The summed E-state index contributed by atoms with van der Waals surface area (Å²) in [6.07, 6.45) is 3.76. The van der Waals surface area contributed by atoms with Crippen molar-refractivity contribution in [2.24, 2.45) is 0 Å². The summed E-state index contributed by atoms with van der Waals surface area (Å²) in [4.78, 5) is 30.4. The summed E-state index contributed by atoms with van der Waals surface area (Å²) in [5.41, 5.74) is 1.37. The molecule has 0 bridgehead atoms. The molecule has 2 aromatic carbocycles. The monoisotopic (exact) mass is 533 g/mol. The van der Waals surface area contributed by atoms with Crippen LogP contribution in [-0.4, -0.2) is 43.8 Å². The molecular weight excluding hydrogens is 509 g/mol. The largest absolute Gasteiger partial charge is 0.393 e. The van der Waals surface area contributed by atoms with E-state index in [0.717, 1.165) is 0 Å². The van der Waals surface area contributed by atoms with Crippen LogP contribution in [0.1, 0.15) is 46.5 Å². The highest BCUT2D eigenvalue weighted by Crippen LogP contribution is 2.27. The second-order valence-electron chi connectivity index (χ2n) is 9.12. The molecule has 2 aromatic heterocycles. The second-order valence-corrected chi connectivity index (χ2v) is 9.53. The van der Waals surface area contributed by atoms with Crippen LogP contribution in [-0.2, 0) is 0 Å². The zero-order valence-electron chi connectivity index (χ0n) is 20.3. The summed E-state index contributed by atoms with van der Waals surface area (Å²) >= 11 is 6.34. The molecule has 5 rings (SSSR count). The number of aliphatic hydroxyl groups excluding tert-OH is 1. The third-order valence-corrected chi connectivity index (χ3v) is 6.79. The van der Waals surface area contributed by atoms with Crippen molar-refractivity contribution < 1.29 is 19.1 Å². The molecule has 0 atom stereocenters. The molecule has 38 heavy (non-hydrogen) atoms. The van der Waals surface area contributed by atoms with Gasteiger partial charge in [-0.2, -0.15) is 5.10 Å². The molecule has 1 fully saturated rings. The van der Waals surface area contributed by atoms with Crippen molar-refractivity contribution in [1.29, 1.82) is 0 Å². The third-order valence-electron chi connectivity index (χ3n) is 6.46. The van der Waals surface area contributed by atoms with Crippen molar-refractivity contribution in [3.05, 3.63) is 95.0 Å². The molecule has 0 aliphatic heterocycles. The Morgan fingerprint density at radius 2 is 1.74 bits per heavy atom. The first-order valence-corrected chi connectivity index (χ1v) is 12.6. The van der Waals surface area contributed by atoms with Crippen LogP contribution in [0.15, 0.2) is 72.9 Å². The van der Waals surface area contributed by atoms with Crippen molar-refractivity contribution in [3.8, 4) is 16.9 Å². The lowest BCUT2D eigenvalue weighted by atomic mass is 9.93. The van der Waals surface area contributed by atoms with Crippen molar-refractivity contribution in [1.82, 2.24) is 20.1 Å². The number of carbonyl (C=O) groups excluding carboxylic acids is 2. The van der Waals surface area contributed by atoms with E-state index in [1.54, 1.807) is 18.2 Å². The number of benzene rings is 2. The molecular formula is C28H25ClFN5O3. The van der Waals surface area contributed by atoms with Gasteiger partial charge in [-0.1, -0.05) is 35.9 Å². The molecule has 194 valence electrons. The normalized spacial score (nSPS) is 17.1. The quantitative estimate of drug-likeness (QED) is 0.323. The maximum atomic E-state index is 14.3. The number of anilines is 1. The first-order valence-electron chi connectivity index (χ1n) is 12.3. The summed E-state index contributed by atoms with van der Waals surface area (Å²) in [6, 6.07) is 17.8. The van der Waals surface area contributed by atoms with E-state index in [1.165, 1.54) is 41.2 Å². The lowest BCUT2D eigenvalue weighted by molar-refractivity contribution is 0.0862. The number of amides is 2. The predicted molar refractivity (Wildman–Crippen MR) is 142 cm³/mol. The molecule has 1 aliphatic rings. The summed E-state index contributed by atoms with van der Waals surface area (Å²) in [6.45, 7) is 0. The fourth-order valence-corrected chi connectivity index (χ4v) is 4.66. The molecule has 0 spiro atoms. The van der Waals surface area contributed by atoms with Crippen LogP contribution in [0.25, 0.3) is 16.9 Å². The minimum absolute atomic E-state index is 0.0562. The van der Waals surface area contributed by atoms with E-state index < -0.39 is 11.7 Å². The highest BCUT2D eigenvalue weighted by molar-refractivity contribution is 6.34. The van der Waals surface area contributed by atoms with Gasteiger partial charge in [0.1, 0.15) is 17.3 Å². The average Bonchev–Trinajstić information content (AvgIpc) is 3.35. The van der Waals surface area contributed by atoms with Gasteiger partial charge in [-0.15, -0.1) is 0 Å². The number of pyridine rings is 1. The summed E-state index contributed by atoms with van der Waals surface area (Å²) < 4.78 is 15.8. The Hall–Kier alpha value is -4.08. The molecule has 1 aliphatic carbocycles. The Morgan fingerprint density at radius 1 is 0.974 bits per heavy atom. The van der Waals surface area contributed by atoms with Gasteiger partial charge in [-0.25, -0.2) is 9.07 Å². The first kappa shape index (κ1) is 25.6. The van der Waals surface area contributed by atoms with Crippen LogP contribution in [0.2, 0.25) is 5.02 Å². The van der Waals surface area contributed by atoms with Crippen molar-refractivity contribution in [3.63, 3.8) is 0 Å². The van der Waals surface area contributed by atoms with E-state index in [1.807, 2.05) is 18.2 Å². The van der Waals surface area contributed by atoms with E-state index >= 15 is 0 Å². The van der Waals surface area contributed by atoms with Gasteiger partial charge in [-0.3, -0.25) is 14.6 Å². The predicted octanol–water partition coefficient (Wildman–Crippen LogP) is 5.01. The molecule has 0 unspecified atom stereocenters. The molecule has 0 saturated heterocycles. The van der Waals surface area contributed by atoms with Gasteiger partial charge >= 0.3 is 0 Å². The zero-order valence-corrected chi connectivity index (χ0v) is 21.0. The smallest absolute Gasteiger partial charge is 0.272 e. The SMILES string of the molecule is O=C(NC1CCC(O)CC1)c1cc(NC(=O)c2cc(-c3ncccc3F)ccc2Cl)n(-c2ccccc2)n1. The van der Waals surface area contributed by atoms with E-state index in [-0.39, 0.29) is 45.8 Å². The molecule has 2 amide bonds. The topological polar surface area (TPSA) is 109 Å². The van der Waals surface area contributed by atoms with Crippen LogP contribution >= 0.6 is 11.6 Å². The van der Waals surface area contributed by atoms with Crippen LogP contribution in [0.4, 0.5) is 10.2 Å². The van der Waals surface area contributed by atoms with Crippen molar-refractivity contribution >= 4 is 29.2 Å². The number of nitrogens with one attached hydrogen (secondary N) is 2. The number of nitrogens with zero attached hydrogens (tertiary/aromatic N) is 3. The molecule has 3 N–H and O–H groups in total. The first-order chi connectivity index (χ1) is 18.4. The van der Waals surface area contributed by atoms with E-state index in [2.05, 4.69) is 20.7 Å². The Labute approximate surface area is 223 Å². The standard InChI is InChI=1S/C28H25ClFN5O3/c29-22-13-8-17(26-23(30)7-4-14-31-26)15-21(22)27(37)33-25-16-24(34-35(25)19-5-2-1-3-6-19)28(38)32-18-9-11-20(36)12-10-18/h1-8,13-16,18,20,36H,9-12H2,(H,32,38)(H,33,37). The van der Waals surface area contributed by atoms with Gasteiger partial charge in [0.25, 0.3) is 11.8 Å². The minimum atomic E-state index is -0.557. The molecule has 10 heteroatoms. The van der Waals surface area contributed by atoms with Gasteiger partial charge in [0.05, 0.1) is 22.4 Å². The van der Waals surface area contributed by atoms with Gasteiger partial charge in [0, 0.05) is 23.9 Å². The van der Waals surface area contributed by atoms with Gasteiger partial charge in [-0.05, 0) is 62.1 Å². The number of hydrogen-bond acceptors (Lipinski definition) is 5. The Kier molecular flexibility index (Phi) is 7.48. The Morgan fingerprint density at radius 3 is 2.47 bits per heavy atom. The maximum absolute atomic E-state index is 14.3. The van der Waals surface area contributed by atoms with Gasteiger partial charge in [0.2, 0.25) is 0 Å².